The van der Waals surface area contributed by atoms with Gasteiger partial charge in [-0.3, -0.25) is 0 Å². The largest absolute Gasteiger partial charge is 0.493 e. The van der Waals surface area contributed by atoms with Crippen LogP contribution in [0.15, 0.2) is 60.7 Å². The maximum absolute atomic E-state index is 6.09. The van der Waals surface area contributed by atoms with Gasteiger partial charge in [0.1, 0.15) is 6.61 Å². The predicted octanol–water partition coefficient (Wildman–Crippen LogP) is 6.36. The zero-order valence-corrected chi connectivity index (χ0v) is 18.7. The smallest absolute Gasteiger partial charge is 0.174 e. The number of nitrogens with one attached hydrogen (secondary N) is 1. The maximum Gasteiger partial charge on any atom is 0.174 e. The number of hydrogen-bond acceptors (Lipinski definition) is 3. The molecule has 0 saturated carbocycles. The third kappa shape index (κ3) is 5.19. The molecule has 0 bridgehead atoms. The van der Waals surface area contributed by atoms with Gasteiger partial charge in [-0.1, -0.05) is 55.0 Å². The number of methoxy groups -OCH3 is 1. The highest BCUT2D eigenvalue weighted by Gasteiger charge is 2.12. The van der Waals surface area contributed by atoms with Gasteiger partial charge in [0.2, 0.25) is 0 Å². The van der Waals surface area contributed by atoms with Crippen molar-refractivity contribution in [1.82, 2.24) is 0 Å². The summed E-state index contributed by atoms with van der Waals surface area (Å²) in [5.41, 5.74) is 6.05. The van der Waals surface area contributed by atoms with Gasteiger partial charge in [0, 0.05) is 12.2 Å². The Morgan fingerprint density at radius 2 is 1.71 bits per heavy atom. The number of para-hydroxylation sites is 1. The molecule has 146 valence electrons. The topological polar surface area (TPSA) is 30.5 Å². The number of benzene rings is 3. The zero-order valence-electron chi connectivity index (χ0n) is 16.6. The molecule has 0 amide bonds. The molecule has 3 aromatic carbocycles. The summed E-state index contributed by atoms with van der Waals surface area (Å²) in [4.78, 5) is 0. The first-order valence-corrected chi connectivity index (χ1v) is 10.5. The molecule has 3 rings (SSSR count). The van der Waals surface area contributed by atoms with Gasteiger partial charge in [-0.15, -0.1) is 0 Å². The second kappa shape index (κ2) is 9.82. The first kappa shape index (κ1) is 20.5. The van der Waals surface area contributed by atoms with E-state index in [0.29, 0.717) is 6.61 Å². The first-order chi connectivity index (χ1) is 13.6. The molecular weight excluding hydrogens is 461 g/mol. The lowest BCUT2D eigenvalue weighted by Gasteiger charge is -2.16. The van der Waals surface area contributed by atoms with Crippen molar-refractivity contribution in [3.63, 3.8) is 0 Å². The molecule has 0 aliphatic heterocycles. The van der Waals surface area contributed by atoms with Crippen LogP contribution in [0.2, 0.25) is 0 Å². The van der Waals surface area contributed by atoms with E-state index in [2.05, 4.69) is 96.4 Å². The van der Waals surface area contributed by atoms with E-state index >= 15 is 0 Å². The van der Waals surface area contributed by atoms with Gasteiger partial charge in [-0.2, -0.15) is 0 Å². The number of halogens is 1. The minimum atomic E-state index is 0.522. The van der Waals surface area contributed by atoms with Gasteiger partial charge in [-0.05, 0) is 70.8 Å². The third-order valence-corrected chi connectivity index (χ3v) is 5.48. The van der Waals surface area contributed by atoms with E-state index in [1.807, 2.05) is 6.07 Å². The van der Waals surface area contributed by atoms with Gasteiger partial charge in [0.15, 0.2) is 11.5 Å². The molecule has 0 heterocycles. The van der Waals surface area contributed by atoms with Crippen LogP contribution < -0.4 is 14.8 Å². The lowest BCUT2D eigenvalue weighted by Crippen LogP contribution is -2.05. The molecule has 3 aromatic rings. The Kier molecular flexibility index (Phi) is 7.20. The Balaban J connectivity index is 1.72. The molecule has 0 aromatic heterocycles. The van der Waals surface area contributed by atoms with Gasteiger partial charge < -0.3 is 14.8 Å². The molecule has 0 saturated heterocycles. The average Bonchev–Trinajstić information content (AvgIpc) is 2.72. The van der Waals surface area contributed by atoms with Crippen molar-refractivity contribution in [3.05, 3.63) is 86.5 Å². The molecular formula is C24H26INO2. The Morgan fingerprint density at radius 1 is 0.964 bits per heavy atom. The van der Waals surface area contributed by atoms with Crippen molar-refractivity contribution in [2.45, 2.75) is 33.4 Å². The average molecular weight is 487 g/mol. The van der Waals surface area contributed by atoms with Crippen molar-refractivity contribution < 1.29 is 9.47 Å². The second-order valence-corrected chi connectivity index (χ2v) is 7.91. The molecule has 0 unspecified atom stereocenters. The molecule has 0 aliphatic rings. The SMILES string of the molecule is CCc1ccccc1NCc1cc(I)c(OCc2ccc(C)cc2)c(OC)c1. The van der Waals surface area contributed by atoms with Crippen molar-refractivity contribution in [3.8, 4) is 11.5 Å². The van der Waals surface area contributed by atoms with Crippen LogP contribution in [0.4, 0.5) is 5.69 Å². The normalized spacial score (nSPS) is 10.6. The van der Waals surface area contributed by atoms with Crippen LogP contribution >= 0.6 is 22.6 Å². The van der Waals surface area contributed by atoms with Crippen molar-refractivity contribution in [2.24, 2.45) is 0 Å². The van der Waals surface area contributed by atoms with Crippen LogP contribution in [-0.2, 0) is 19.6 Å². The van der Waals surface area contributed by atoms with E-state index < -0.39 is 0 Å². The summed E-state index contributed by atoms with van der Waals surface area (Å²) in [6.07, 6.45) is 1.01. The second-order valence-electron chi connectivity index (χ2n) is 6.75. The molecule has 3 nitrogen and oxygen atoms in total. The van der Waals surface area contributed by atoms with Crippen molar-refractivity contribution in [2.75, 3.05) is 12.4 Å². The highest BCUT2D eigenvalue weighted by molar-refractivity contribution is 14.1. The van der Waals surface area contributed by atoms with E-state index in [4.69, 9.17) is 9.47 Å². The first-order valence-electron chi connectivity index (χ1n) is 9.47. The number of anilines is 1. The van der Waals surface area contributed by atoms with Crippen molar-refractivity contribution in [1.29, 1.82) is 0 Å². The highest BCUT2D eigenvalue weighted by Crippen LogP contribution is 2.35. The molecule has 0 radical (unpaired) electrons. The molecule has 0 atom stereocenters. The van der Waals surface area contributed by atoms with Crippen LogP contribution in [0.5, 0.6) is 11.5 Å². The minimum absolute atomic E-state index is 0.522. The van der Waals surface area contributed by atoms with E-state index in [0.717, 1.165) is 39.2 Å². The summed E-state index contributed by atoms with van der Waals surface area (Å²) in [7, 11) is 1.69. The van der Waals surface area contributed by atoms with E-state index in [9.17, 15) is 0 Å². The predicted molar refractivity (Wildman–Crippen MR) is 124 cm³/mol. The molecule has 0 aliphatic carbocycles. The van der Waals surface area contributed by atoms with Crippen LogP contribution in [-0.4, -0.2) is 7.11 Å². The fourth-order valence-electron chi connectivity index (χ4n) is 3.05. The lowest BCUT2D eigenvalue weighted by molar-refractivity contribution is 0.282. The van der Waals surface area contributed by atoms with Crippen LogP contribution in [0, 0.1) is 10.5 Å². The highest BCUT2D eigenvalue weighted by atomic mass is 127. The zero-order chi connectivity index (χ0) is 19.9. The number of hydrogen-bond donors (Lipinski definition) is 1. The van der Waals surface area contributed by atoms with Gasteiger partial charge in [0.05, 0.1) is 10.7 Å². The van der Waals surface area contributed by atoms with Gasteiger partial charge >= 0.3 is 0 Å². The quantitative estimate of drug-likeness (QED) is 0.375. The van der Waals surface area contributed by atoms with E-state index in [-0.39, 0.29) is 0 Å². The van der Waals surface area contributed by atoms with Crippen LogP contribution in [0.25, 0.3) is 0 Å². The molecule has 28 heavy (non-hydrogen) atoms. The van der Waals surface area contributed by atoms with Crippen molar-refractivity contribution >= 4 is 28.3 Å². The van der Waals surface area contributed by atoms with Gasteiger partial charge in [0.25, 0.3) is 0 Å². The molecule has 4 heteroatoms. The van der Waals surface area contributed by atoms with Crippen LogP contribution in [0.1, 0.15) is 29.2 Å². The standard InChI is InChI=1S/C24H26INO2/c1-4-20-7-5-6-8-22(20)26-15-19-13-21(25)24(23(14-19)27-3)28-16-18-11-9-17(2)10-12-18/h5-14,26H,4,15-16H2,1-3H3. The monoisotopic (exact) mass is 487 g/mol. The summed E-state index contributed by atoms with van der Waals surface area (Å²) in [6.45, 7) is 5.52. The number of ether oxygens (including phenoxy) is 2. The Hall–Kier alpha value is -2.21. The summed E-state index contributed by atoms with van der Waals surface area (Å²) < 4.78 is 12.7. The van der Waals surface area contributed by atoms with Crippen LogP contribution in [0.3, 0.4) is 0 Å². The Labute approximate surface area is 181 Å². The minimum Gasteiger partial charge on any atom is -0.493 e. The maximum atomic E-state index is 6.09. The number of aryl methyl sites for hydroxylation is 2. The molecule has 0 fully saturated rings. The summed E-state index contributed by atoms with van der Waals surface area (Å²) in [5, 5.41) is 3.54. The summed E-state index contributed by atoms with van der Waals surface area (Å²) in [6, 6.07) is 21.0. The lowest BCUT2D eigenvalue weighted by atomic mass is 10.1. The number of rotatable bonds is 8. The summed E-state index contributed by atoms with van der Waals surface area (Å²) >= 11 is 2.32. The fourth-order valence-corrected chi connectivity index (χ4v) is 3.88. The molecule has 0 spiro atoms. The Morgan fingerprint density at radius 3 is 2.43 bits per heavy atom. The van der Waals surface area contributed by atoms with E-state index in [1.165, 1.54) is 16.8 Å². The Bertz CT molecular complexity index is 922. The fraction of sp³-hybridized carbons (Fsp3) is 0.250. The molecule has 1 N–H and O–H groups in total. The summed E-state index contributed by atoms with van der Waals surface area (Å²) in [5.74, 6) is 1.56. The third-order valence-electron chi connectivity index (χ3n) is 4.67. The van der Waals surface area contributed by atoms with E-state index in [1.54, 1.807) is 7.11 Å². The van der Waals surface area contributed by atoms with Gasteiger partial charge in [-0.25, -0.2) is 0 Å².